The van der Waals surface area contributed by atoms with Gasteiger partial charge in [-0.2, -0.15) is 0 Å². The van der Waals surface area contributed by atoms with Crippen LogP contribution in [0.4, 0.5) is 11.4 Å². The van der Waals surface area contributed by atoms with Crippen LogP contribution in [0.1, 0.15) is 78.8 Å². The molecular formula is C36H44N2. The van der Waals surface area contributed by atoms with Gasteiger partial charge in [-0.05, 0) is 136 Å². The summed E-state index contributed by atoms with van der Waals surface area (Å²) in [5.74, 6) is 0. The zero-order chi connectivity index (χ0) is 27.7. The second-order valence-electron chi connectivity index (χ2n) is 11.1. The Morgan fingerprint density at radius 1 is 0.342 bits per heavy atom. The number of nitrogens with one attached hydrogen (secondary N) is 2. The molecule has 0 bridgehead atoms. The summed E-state index contributed by atoms with van der Waals surface area (Å²) >= 11 is 0. The largest absolute Gasteiger partial charge is 0.375 e. The Morgan fingerprint density at radius 3 is 0.842 bits per heavy atom. The lowest BCUT2D eigenvalue weighted by molar-refractivity contribution is 0.647. The van der Waals surface area contributed by atoms with E-state index in [1.807, 2.05) is 0 Å². The van der Waals surface area contributed by atoms with Gasteiger partial charge in [-0.25, -0.2) is 0 Å². The predicted molar refractivity (Wildman–Crippen MR) is 166 cm³/mol. The van der Waals surface area contributed by atoms with Gasteiger partial charge in [0.2, 0.25) is 0 Å². The Morgan fingerprint density at radius 2 is 0.579 bits per heavy atom. The number of hydrogen-bond acceptors (Lipinski definition) is 2. The third-order valence-corrected chi connectivity index (χ3v) is 9.25. The molecule has 2 N–H and O–H groups in total. The monoisotopic (exact) mass is 504 g/mol. The maximum Gasteiger partial charge on any atom is 0.0757 e. The Bertz CT molecular complexity index is 1280. The number of anilines is 2. The van der Waals surface area contributed by atoms with Gasteiger partial charge in [0.15, 0.2) is 0 Å². The van der Waals surface area contributed by atoms with Crippen molar-refractivity contribution < 1.29 is 0 Å². The van der Waals surface area contributed by atoms with Gasteiger partial charge in [-0.1, -0.05) is 60.7 Å². The van der Waals surface area contributed by atoms with Crippen molar-refractivity contribution in [3.63, 3.8) is 0 Å². The summed E-state index contributed by atoms with van der Waals surface area (Å²) < 4.78 is 0. The standard InChI is InChI=1S/C36H44N2/c1-21-23(3)27(7)33(28(8)24(21)4)37-35(31-17-13-11-14-18-31)36(32-19-15-12-16-20-32)38-34-29(9)25(5)22(2)26(6)30(34)10/h11-20,35-38H,1-10H3. The van der Waals surface area contributed by atoms with Crippen molar-refractivity contribution in [2.45, 2.75) is 81.3 Å². The normalized spacial score (nSPS) is 12.8. The second kappa shape index (κ2) is 11.1. The van der Waals surface area contributed by atoms with Crippen LogP contribution < -0.4 is 10.6 Å². The third-order valence-electron chi connectivity index (χ3n) is 9.25. The van der Waals surface area contributed by atoms with Crippen LogP contribution in [0.5, 0.6) is 0 Å². The van der Waals surface area contributed by atoms with E-state index in [0.29, 0.717) is 0 Å². The minimum absolute atomic E-state index is 0.0122. The van der Waals surface area contributed by atoms with Crippen molar-refractivity contribution in [3.05, 3.63) is 127 Å². The molecule has 4 aromatic carbocycles. The SMILES string of the molecule is Cc1c(C)c(C)c(NC(c2ccccc2)C(Nc2c(C)c(C)c(C)c(C)c2C)c2ccccc2)c(C)c1C. The van der Waals surface area contributed by atoms with Crippen LogP contribution in [0.3, 0.4) is 0 Å². The maximum absolute atomic E-state index is 4.08. The molecule has 2 unspecified atom stereocenters. The molecule has 0 saturated carbocycles. The van der Waals surface area contributed by atoms with Gasteiger partial charge in [0.1, 0.15) is 0 Å². The molecule has 0 fully saturated rings. The molecule has 2 nitrogen and oxygen atoms in total. The molecule has 198 valence electrons. The van der Waals surface area contributed by atoms with Crippen LogP contribution in [0.15, 0.2) is 60.7 Å². The molecule has 0 aliphatic carbocycles. The first kappa shape index (κ1) is 27.5. The molecule has 0 heterocycles. The Hall–Kier alpha value is -3.52. The van der Waals surface area contributed by atoms with Crippen molar-refractivity contribution >= 4 is 11.4 Å². The van der Waals surface area contributed by atoms with Crippen LogP contribution >= 0.6 is 0 Å². The highest BCUT2D eigenvalue weighted by Gasteiger charge is 2.28. The lowest BCUT2D eigenvalue weighted by atomic mass is 9.88. The molecule has 0 radical (unpaired) electrons. The van der Waals surface area contributed by atoms with Crippen molar-refractivity contribution in [1.29, 1.82) is 0 Å². The van der Waals surface area contributed by atoms with E-state index in [4.69, 9.17) is 0 Å². The van der Waals surface area contributed by atoms with E-state index in [0.717, 1.165) is 0 Å². The number of hydrogen-bond donors (Lipinski definition) is 2. The van der Waals surface area contributed by atoms with Gasteiger partial charge >= 0.3 is 0 Å². The van der Waals surface area contributed by atoms with E-state index in [1.165, 1.54) is 78.1 Å². The summed E-state index contributed by atoms with van der Waals surface area (Å²) in [7, 11) is 0. The van der Waals surface area contributed by atoms with Crippen LogP contribution in [0.25, 0.3) is 0 Å². The minimum atomic E-state index is 0.0122. The van der Waals surface area contributed by atoms with Gasteiger partial charge in [0.05, 0.1) is 12.1 Å². The average molecular weight is 505 g/mol. The van der Waals surface area contributed by atoms with E-state index in [-0.39, 0.29) is 12.1 Å². The summed E-state index contributed by atoms with van der Waals surface area (Å²) in [4.78, 5) is 0. The van der Waals surface area contributed by atoms with Crippen molar-refractivity contribution in [2.75, 3.05) is 10.6 Å². The van der Waals surface area contributed by atoms with Crippen LogP contribution in [0, 0.1) is 69.2 Å². The minimum Gasteiger partial charge on any atom is -0.375 e. The van der Waals surface area contributed by atoms with E-state index in [1.54, 1.807) is 0 Å². The molecule has 4 rings (SSSR count). The van der Waals surface area contributed by atoms with Gasteiger partial charge < -0.3 is 10.6 Å². The van der Waals surface area contributed by atoms with Crippen molar-refractivity contribution in [3.8, 4) is 0 Å². The molecule has 0 aliphatic rings. The summed E-state index contributed by atoms with van der Waals surface area (Å²) in [5, 5.41) is 8.15. The van der Waals surface area contributed by atoms with E-state index < -0.39 is 0 Å². The molecule has 4 aromatic rings. The fraction of sp³-hybridized carbons (Fsp3) is 0.333. The number of benzene rings is 4. The average Bonchev–Trinajstić information content (AvgIpc) is 2.94. The molecule has 0 amide bonds. The highest BCUT2D eigenvalue weighted by Crippen LogP contribution is 2.41. The molecule has 2 atom stereocenters. The Labute approximate surface area is 230 Å². The highest BCUT2D eigenvalue weighted by molar-refractivity contribution is 5.68. The van der Waals surface area contributed by atoms with Crippen LogP contribution in [-0.4, -0.2) is 0 Å². The zero-order valence-corrected chi connectivity index (χ0v) is 24.9. The van der Waals surface area contributed by atoms with Gasteiger partial charge in [-0.3, -0.25) is 0 Å². The lowest BCUT2D eigenvalue weighted by Gasteiger charge is -2.35. The fourth-order valence-electron chi connectivity index (χ4n) is 5.78. The Balaban J connectivity index is 1.94. The van der Waals surface area contributed by atoms with Gasteiger partial charge in [0, 0.05) is 11.4 Å². The third kappa shape index (κ3) is 4.97. The smallest absolute Gasteiger partial charge is 0.0757 e. The first-order valence-electron chi connectivity index (χ1n) is 13.8. The fourth-order valence-corrected chi connectivity index (χ4v) is 5.78. The molecule has 2 heteroatoms. The van der Waals surface area contributed by atoms with Crippen molar-refractivity contribution in [2.24, 2.45) is 0 Å². The first-order valence-corrected chi connectivity index (χ1v) is 13.8. The first-order chi connectivity index (χ1) is 18.0. The zero-order valence-electron chi connectivity index (χ0n) is 24.9. The number of rotatable bonds is 7. The molecule has 0 spiro atoms. The van der Waals surface area contributed by atoms with E-state index in [9.17, 15) is 0 Å². The van der Waals surface area contributed by atoms with Gasteiger partial charge in [0.25, 0.3) is 0 Å². The predicted octanol–water partition coefficient (Wildman–Crippen LogP) is 9.78. The molecule has 38 heavy (non-hydrogen) atoms. The summed E-state index contributed by atoms with van der Waals surface area (Å²) in [5.41, 5.74) is 18.5. The van der Waals surface area contributed by atoms with Gasteiger partial charge in [-0.15, -0.1) is 0 Å². The molecule has 0 saturated heterocycles. The van der Waals surface area contributed by atoms with Crippen LogP contribution in [0.2, 0.25) is 0 Å². The highest BCUT2D eigenvalue weighted by atomic mass is 15.0. The van der Waals surface area contributed by atoms with E-state index >= 15 is 0 Å². The topological polar surface area (TPSA) is 24.1 Å². The maximum atomic E-state index is 4.08. The Kier molecular flexibility index (Phi) is 8.02. The summed E-state index contributed by atoms with van der Waals surface area (Å²) in [6.07, 6.45) is 0. The summed E-state index contributed by atoms with van der Waals surface area (Å²) in [6.45, 7) is 22.5. The van der Waals surface area contributed by atoms with Crippen molar-refractivity contribution in [1.82, 2.24) is 0 Å². The lowest BCUT2D eigenvalue weighted by Crippen LogP contribution is -2.27. The molecule has 0 aliphatic heterocycles. The van der Waals surface area contributed by atoms with Crippen LogP contribution in [-0.2, 0) is 0 Å². The summed E-state index contributed by atoms with van der Waals surface area (Å²) in [6, 6.07) is 21.8. The quantitative estimate of drug-likeness (QED) is 0.262. The molecule has 0 aromatic heterocycles. The van der Waals surface area contributed by atoms with E-state index in [2.05, 4.69) is 141 Å². The molecular weight excluding hydrogens is 460 g/mol. The second-order valence-corrected chi connectivity index (χ2v) is 11.1.